The van der Waals surface area contributed by atoms with Crippen LogP contribution < -0.4 is 0 Å². The van der Waals surface area contributed by atoms with Gasteiger partial charge in [0.2, 0.25) is 0 Å². The van der Waals surface area contributed by atoms with E-state index in [2.05, 4.69) is 13.2 Å². The summed E-state index contributed by atoms with van der Waals surface area (Å²) in [5.41, 5.74) is 0.837. The molecule has 0 aliphatic carbocycles. The van der Waals surface area contributed by atoms with Gasteiger partial charge in [0.25, 0.3) is 0 Å². The van der Waals surface area contributed by atoms with Crippen LogP contribution in [0.15, 0.2) is 24.3 Å². The Morgan fingerprint density at radius 2 is 2.08 bits per heavy atom. The Bertz CT molecular complexity index is 261. The molecule has 0 bridgehead atoms. The Hall–Kier alpha value is -1.56. The van der Waals surface area contributed by atoms with Crippen LogP contribution in [-0.4, -0.2) is 12.6 Å². The number of hydrogen-bond donors (Lipinski definition) is 0. The van der Waals surface area contributed by atoms with E-state index in [0.717, 1.165) is 0 Å². The van der Waals surface area contributed by atoms with E-state index in [4.69, 9.17) is 10.00 Å². The van der Waals surface area contributed by atoms with Gasteiger partial charge in [-0.05, 0) is 19.8 Å². The molecule has 0 aromatic heterocycles. The molecule has 0 amide bonds. The van der Waals surface area contributed by atoms with Gasteiger partial charge in [-0.15, -0.1) is 0 Å². The SMILES string of the molecule is C=C(C#N)CCC(=C)C(=O)OCC. The van der Waals surface area contributed by atoms with Gasteiger partial charge in [-0.25, -0.2) is 4.79 Å². The first-order chi connectivity index (χ1) is 6.11. The lowest BCUT2D eigenvalue weighted by atomic mass is 10.1. The second-order valence-electron chi connectivity index (χ2n) is 2.54. The van der Waals surface area contributed by atoms with E-state index in [-0.39, 0.29) is 0 Å². The minimum absolute atomic E-state index is 0.344. The molecule has 0 aromatic carbocycles. The Kier molecular flexibility index (Phi) is 5.29. The molecule has 0 radical (unpaired) electrons. The maximum Gasteiger partial charge on any atom is 0.333 e. The van der Waals surface area contributed by atoms with Crippen LogP contribution >= 0.6 is 0 Å². The third-order valence-corrected chi connectivity index (χ3v) is 1.45. The van der Waals surface area contributed by atoms with Gasteiger partial charge in [-0.3, -0.25) is 0 Å². The molecule has 0 heterocycles. The fraction of sp³-hybridized carbons (Fsp3) is 0.400. The van der Waals surface area contributed by atoms with Crippen LogP contribution in [0.3, 0.4) is 0 Å². The molecule has 0 saturated carbocycles. The molecular weight excluding hydrogens is 166 g/mol. The van der Waals surface area contributed by atoms with Crippen LogP contribution in [0.2, 0.25) is 0 Å². The molecule has 0 atom stereocenters. The third-order valence-electron chi connectivity index (χ3n) is 1.45. The van der Waals surface area contributed by atoms with E-state index in [0.29, 0.717) is 30.6 Å². The summed E-state index contributed by atoms with van der Waals surface area (Å²) in [6.45, 7) is 9.13. The highest BCUT2D eigenvalue weighted by Gasteiger charge is 2.07. The number of hydrogen-bond acceptors (Lipinski definition) is 3. The average Bonchev–Trinajstić information content (AvgIpc) is 2.13. The number of nitriles is 1. The Morgan fingerprint density at radius 3 is 2.54 bits per heavy atom. The zero-order valence-electron chi connectivity index (χ0n) is 7.80. The lowest BCUT2D eigenvalue weighted by Gasteiger charge is -2.03. The van der Waals surface area contributed by atoms with Gasteiger partial charge in [0, 0.05) is 11.1 Å². The summed E-state index contributed by atoms with van der Waals surface area (Å²) in [5.74, 6) is -0.395. The van der Waals surface area contributed by atoms with E-state index in [9.17, 15) is 4.79 Å². The second kappa shape index (κ2) is 6.01. The zero-order valence-corrected chi connectivity index (χ0v) is 7.80. The number of carbonyl (C=O) groups excluding carboxylic acids is 1. The normalized spacial score (nSPS) is 8.62. The van der Waals surface area contributed by atoms with Gasteiger partial charge in [0.15, 0.2) is 0 Å². The van der Waals surface area contributed by atoms with Crippen LogP contribution in [0.4, 0.5) is 0 Å². The van der Waals surface area contributed by atoms with Gasteiger partial charge < -0.3 is 4.74 Å². The Labute approximate surface area is 78.3 Å². The summed E-state index contributed by atoms with van der Waals surface area (Å²) < 4.78 is 4.72. The average molecular weight is 179 g/mol. The zero-order chi connectivity index (χ0) is 10.3. The number of carbonyl (C=O) groups is 1. The predicted octanol–water partition coefficient (Wildman–Crippen LogP) is 1.97. The fourth-order valence-electron chi connectivity index (χ4n) is 0.693. The molecule has 0 aliphatic rings. The van der Waals surface area contributed by atoms with Gasteiger partial charge in [-0.1, -0.05) is 13.2 Å². The molecule has 0 N–H and O–H groups in total. The van der Waals surface area contributed by atoms with Crippen molar-refractivity contribution in [3.05, 3.63) is 24.3 Å². The largest absolute Gasteiger partial charge is 0.463 e. The number of esters is 1. The lowest BCUT2D eigenvalue weighted by molar-refractivity contribution is -0.138. The molecule has 0 saturated heterocycles. The highest BCUT2D eigenvalue weighted by atomic mass is 16.5. The number of nitrogens with zero attached hydrogens (tertiary/aromatic N) is 1. The van der Waals surface area contributed by atoms with Crippen molar-refractivity contribution in [2.45, 2.75) is 19.8 Å². The monoisotopic (exact) mass is 179 g/mol. The van der Waals surface area contributed by atoms with Crippen molar-refractivity contribution in [3.8, 4) is 6.07 Å². The van der Waals surface area contributed by atoms with E-state index in [1.54, 1.807) is 6.92 Å². The smallest absolute Gasteiger partial charge is 0.333 e. The molecule has 0 fully saturated rings. The maximum absolute atomic E-state index is 11.0. The summed E-state index contributed by atoms with van der Waals surface area (Å²) in [6.07, 6.45) is 0.902. The summed E-state index contributed by atoms with van der Waals surface area (Å²) in [4.78, 5) is 11.0. The Morgan fingerprint density at radius 1 is 1.46 bits per heavy atom. The third kappa shape index (κ3) is 4.81. The van der Waals surface area contributed by atoms with E-state index in [1.165, 1.54) is 0 Å². The molecular formula is C10H13NO2. The fourth-order valence-corrected chi connectivity index (χ4v) is 0.693. The van der Waals surface area contributed by atoms with Gasteiger partial charge in [-0.2, -0.15) is 5.26 Å². The van der Waals surface area contributed by atoms with Crippen LogP contribution in [0.25, 0.3) is 0 Å². The van der Waals surface area contributed by atoms with Crippen LogP contribution in [0.1, 0.15) is 19.8 Å². The topological polar surface area (TPSA) is 50.1 Å². The van der Waals surface area contributed by atoms with Crippen molar-refractivity contribution >= 4 is 5.97 Å². The molecule has 0 unspecified atom stereocenters. The van der Waals surface area contributed by atoms with Crippen molar-refractivity contribution in [3.63, 3.8) is 0 Å². The van der Waals surface area contributed by atoms with Crippen molar-refractivity contribution in [2.24, 2.45) is 0 Å². The molecule has 0 aromatic rings. The van der Waals surface area contributed by atoms with Crippen molar-refractivity contribution in [2.75, 3.05) is 6.61 Å². The molecule has 70 valence electrons. The van der Waals surface area contributed by atoms with Gasteiger partial charge in [0.1, 0.15) is 0 Å². The van der Waals surface area contributed by atoms with Crippen molar-refractivity contribution in [1.82, 2.24) is 0 Å². The molecule has 13 heavy (non-hydrogen) atoms. The number of ether oxygens (including phenoxy) is 1. The van der Waals surface area contributed by atoms with Crippen LogP contribution in [-0.2, 0) is 9.53 Å². The van der Waals surface area contributed by atoms with Crippen LogP contribution in [0, 0.1) is 11.3 Å². The highest BCUT2D eigenvalue weighted by Crippen LogP contribution is 2.09. The predicted molar refractivity (Wildman–Crippen MR) is 49.8 cm³/mol. The number of allylic oxidation sites excluding steroid dienone is 1. The minimum atomic E-state index is -0.395. The Balaban J connectivity index is 3.82. The van der Waals surface area contributed by atoms with E-state index in [1.807, 2.05) is 6.07 Å². The van der Waals surface area contributed by atoms with Crippen molar-refractivity contribution < 1.29 is 9.53 Å². The first-order valence-electron chi connectivity index (χ1n) is 4.04. The second-order valence-corrected chi connectivity index (χ2v) is 2.54. The summed E-state index contributed by atoms with van der Waals surface area (Å²) in [6, 6.07) is 1.90. The summed E-state index contributed by atoms with van der Waals surface area (Å²) >= 11 is 0. The molecule has 0 spiro atoms. The maximum atomic E-state index is 11.0. The van der Waals surface area contributed by atoms with E-state index < -0.39 is 5.97 Å². The van der Waals surface area contributed by atoms with Gasteiger partial charge >= 0.3 is 5.97 Å². The minimum Gasteiger partial charge on any atom is -0.463 e. The molecule has 3 heteroatoms. The molecule has 3 nitrogen and oxygen atoms in total. The number of rotatable bonds is 5. The van der Waals surface area contributed by atoms with E-state index >= 15 is 0 Å². The first-order valence-corrected chi connectivity index (χ1v) is 4.04. The standard InChI is InChI=1S/C10H13NO2/c1-4-13-10(12)9(3)6-5-8(2)7-11/h2-6H2,1H3. The van der Waals surface area contributed by atoms with Crippen molar-refractivity contribution in [1.29, 1.82) is 5.26 Å². The summed E-state index contributed by atoms with van der Waals surface area (Å²) in [5, 5.41) is 8.39. The first kappa shape index (κ1) is 11.4. The lowest BCUT2D eigenvalue weighted by Crippen LogP contribution is -2.06. The molecule has 0 rings (SSSR count). The highest BCUT2D eigenvalue weighted by molar-refractivity contribution is 5.87. The molecule has 0 aliphatic heterocycles. The van der Waals surface area contributed by atoms with Crippen LogP contribution in [0.5, 0.6) is 0 Å². The quantitative estimate of drug-likeness (QED) is 0.368. The van der Waals surface area contributed by atoms with Gasteiger partial charge in [0.05, 0.1) is 12.7 Å². The summed E-state index contributed by atoms with van der Waals surface area (Å²) in [7, 11) is 0.